The van der Waals surface area contributed by atoms with E-state index in [1.165, 1.54) is 11.3 Å². The second-order valence-corrected chi connectivity index (χ2v) is 4.09. The summed E-state index contributed by atoms with van der Waals surface area (Å²) < 4.78 is 6.36. The van der Waals surface area contributed by atoms with Crippen molar-refractivity contribution in [1.82, 2.24) is 0 Å². The maximum Gasteiger partial charge on any atom is 0.123 e. The van der Waals surface area contributed by atoms with Crippen molar-refractivity contribution < 1.29 is 4.74 Å². The first-order chi connectivity index (χ1) is 6.76. The Morgan fingerprint density at radius 3 is 2.86 bits per heavy atom. The average molecular weight is 203 g/mol. The summed E-state index contributed by atoms with van der Waals surface area (Å²) in [5, 5.41) is 9.90. The van der Waals surface area contributed by atoms with Crippen molar-refractivity contribution in [2.75, 3.05) is 7.11 Å². The zero-order valence-electron chi connectivity index (χ0n) is 8.00. The van der Waals surface area contributed by atoms with E-state index in [2.05, 4.69) is 6.07 Å². The molecule has 0 spiro atoms. The number of hydrogen-bond donors (Lipinski definition) is 0. The molecule has 0 fully saturated rings. The minimum Gasteiger partial charge on any atom is -0.496 e. The van der Waals surface area contributed by atoms with Crippen LogP contribution in [0, 0.1) is 18.3 Å². The molecule has 3 heteroatoms. The lowest BCUT2D eigenvalue weighted by atomic mass is 10.1. The van der Waals surface area contributed by atoms with Gasteiger partial charge < -0.3 is 4.74 Å². The molecule has 1 aromatic heterocycles. The van der Waals surface area contributed by atoms with E-state index in [4.69, 9.17) is 10.00 Å². The normalized spacial score (nSPS) is 10.1. The summed E-state index contributed by atoms with van der Waals surface area (Å²) in [4.78, 5) is 0.747. The van der Waals surface area contributed by atoms with Crippen LogP contribution in [0.15, 0.2) is 18.2 Å². The number of nitrogens with zero attached hydrogens (tertiary/aromatic N) is 1. The molecule has 0 aliphatic rings. The van der Waals surface area contributed by atoms with E-state index in [0.29, 0.717) is 0 Å². The van der Waals surface area contributed by atoms with Gasteiger partial charge in [0.15, 0.2) is 0 Å². The molecule has 0 aliphatic heterocycles. The molecule has 1 aromatic carbocycles. The number of aryl methyl sites for hydroxylation is 1. The lowest BCUT2D eigenvalue weighted by Crippen LogP contribution is -1.85. The predicted molar refractivity (Wildman–Crippen MR) is 57.8 cm³/mol. The lowest BCUT2D eigenvalue weighted by molar-refractivity contribution is 0.412. The van der Waals surface area contributed by atoms with Crippen LogP contribution >= 0.6 is 11.3 Å². The van der Waals surface area contributed by atoms with Crippen molar-refractivity contribution in [3.05, 3.63) is 28.6 Å². The summed E-state index contributed by atoms with van der Waals surface area (Å²) in [6.07, 6.45) is 0. The first-order valence-corrected chi connectivity index (χ1v) is 5.05. The summed E-state index contributed by atoms with van der Waals surface area (Å²) in [5.74, 6) is 0.879. The Morgan fingerprint density at radius 1 is 1.43 bits per heavy atom. The smallest absolute Gasteiger partial charge is 0.123 e. The predicted octanol–water partition coefficient (Wildman–Crippen LogP) is 3.09. The highest BCUT2D eigenvalue weighted by Crippen LogP contribution is 2.33. The lowest BCUT2D eigenvalue weighted by Gasteiger charge is -2.03. The molecule has 0 radical (unpaired) electrons. The Labute approximate surface area is 86.4 Å². The minimum atomic E-state index is 0.747. The fourth-order valence-corrected chi connectivity index (χ4v) is 2.45. The Kier molecular flexibility index (Phi) is 2.14. The van der Waals surface area contributed by atoms with Crippen molar-refractivity contribution in [3.63, 3.8) is 0 Å². The fraction of sp³-hybridized carbons (Fsp3) is 0.182. The number of nitriles is 1. The van der Waals surface area contributed by atoms with Crippen molar-refractivity contribution >= 4 is 21.4 Å². The number of ether oxygens (including phenoxy) is 1. The zero-order chi connectivity index (χ0) is 10.1. The summed E-state index contributed by atoms with van der Waals surface area (Å²) in [6, 6.07) is 7.99. The highest BCUT2D eigenvalue weighted by Gasteiger charge is 2.07. The van der Waals surface area contributed by atoms with Gasteiger partial charge in [-0.3, -0.25) is 0 Å². The van der Waals surface area contributed by atoms with Crippen LogP contribution in [-0.2, 0) is 0 Å². The van der Waals surface area contributed by atoms with Gasteiger partial charge in [0.2, 0.25) is 0 Å². The molecular weight excluding hydrogens is 194 g/mol. The molecule has 2 aromatic rings. The van der Waals surface area contributed by atoms with Crippen LogP contribution in [-0.4, -0.2) is 7.11 Å². The molecule has 0 saturated carbocycles. The second-order valence-electron chi connectivity index (χ2n) is 3.03. The number of methoxy groups -OCH3 is 1. The van der Waals surface area contributed by atoms with E-state index in [-0.39, 0.29) is 0 Å². The molecule has 2 nitrogen and oxygen atoms in total. The molecular formula is C11H9NOS. The van der Waals surface area contributed by atoms with Gasteiger partial charge in [0.05, 0.1) is 7.11 Å². The van der Waals surface area contributed by atoms with Crippen LogP contribution in [0.25, 0.3) is 10.1 Å². The van der Waals surface area contributed by atoms with E-state index in [0.717, 1.165) is 26.3 Å². The van der Waals surface area contributed by atoms with E-state index < -0.39 is 0 Å². The summed E-state index contributed by atoms with van der Waals surface area (Å²) in [7, 11) is 1.66. The van der Waals surface area contributed by atoms with Gasteiger partial charge in [0.1, 0.15) is 16.7 Å². The molecule has 0 aliphatic carbocycles. The number of hydrogen-bond acceptors (Lipinski definition) is 3. The Bertz CT molecular complexity index is 522. The quantitative estimate of drug-likeness (QED) is 0.713. The minimum absolute atomic E-state index is 0.747. The van der Waals surface area contributed by atoms with Crippen LogP contribution in [0.4, 0.5) is 0 Å². The van der Waals surface area contributed by atoms with Gasteiger partial charge in [-0.25, -0.2) is 0 Å². The number of fused-ring (bicyclic) bond motifs is 1. The Hall–Kier alpha value is -1.53. The standard InChI is InChI=1S/C11H9NOS/c1-7-10(13-2)4-3-8-5-9(6-12)14-11(7)8/h3-5H,1-2H3. The first kappa shape index (κ1) is 9.04. The van der Waals surface area contributed by atoms with Crippen LogP contribution in [0.2, 0.25) is 0 Å². The van der Waals surface area contributed by atoms with Crippen molar-refractivity contribution in [3.8, 4) is 11.8 Å². The number of benzene rings is 1. The fourth-order valence-electron chi connectivity index (χ4n) is 1.50. The van der Waals surface area contributed by atoms with Crippen LogP contribution in [0.1, 0.15) is 10.4 Å². The highest BCUT2D eigenvalue weighted by molar-refractivity contribution is 7.19. The molecule has 14 heavy (non-hydrogen) atoms. The van der Waals surface area contributed by atoms with E-state index in [1.54, 1.807) is 7.11 Å². The zero-order valence-corrected chi connectivity index (χ0v) is 8.81. The van der Waals surface area contributed by atoms with E-state index in [9.17, 15) is 0 Å². The van der Waals surface area contributed by atoms with Crippen LogP contribution in [0.3, 0.4) is 0 Å². The van der Waals surface area contributed by atoms with Gasteiger partial charge in [-0.2, -0.15) is 5.26 Å². The van der Waals surface area contributed by atoms with Crippen LogP contribution in [0.5, 0.6) is 5.75 Å². The van der Waals surface area contributed by atoms with Crippen molar-refractivity contribution in [2.45, 2.75) is 6.92 Å². The van der Waals surface area contributed by atoms with E-state index >= 15 is 0 Å². The molecule has 70 valence electrons. The van der Waals surface area contributed by atoms with Gasteiger partial charge in [0.25, 0.3) is 0 Å². The molecule has 0 N–H and O–H groups in total. The van der Waals surface area contributed by atoms with Gasteiger partial charge in [-0.05, 0) is 30.5 Å². The van der Waals surface area contributed by atoms with Gasteiger partial charge in [0, 0.05) is 10.3 Å². The van der Waals surface area contributed by atoms with Gasteiger partial charge >= 0.3 is 0 Å². The topological polar surface area (TPSA) is 33.0 Å². The Balaban J connectivity index is 2.76. The van der Waals surface area contributed by atoms with Crippen molar-refractivity contribution in [1.29, 1.82) is 5.26 Å². The van der Waals surface area contributed by atoms with E-state index in [1.807, 2.05) is 25.1 Å². The highest BCUT2D eigenvalue weighted by atomic mass is 32.1. The maximum absolute atomic E-state index is 8.79. The third kappa shape index (κ3) is 1.24. The van der Waals surface area contributed by atoms with Gasteiger partial charge in [-0.1, -0.05) is 0 Å². The average Bonchev–Trinajstić information content (AvgIpc) is 2.62. The monoisotopic (exact) mass is 203 g/mol. The summed E-state index contributed by atoms with van der Waals surface area (Å²) in [5.41, 5.74) is 1.11. The maximum atomic E-state index is 8.79. The summed E-state index contributed by atoms with van der Waals surface area (Å²) in [6.45, 7) is 2.01. The third-order valence-electron chi connectivity index (χ3n) is 2.22. The molecule has 0 bridgehead atoms. The number of thiophene rings is 1. The number of rotatable bonds is 1. The first-order valence-electron chi connectivity index (χ1n) is 4.23. The molecule has 2 rings (SSSR count). The Morgan fingerprint density at radius 2 is 2.21 bits per heavy atom. The molecule has 0 saturated heterocycles. The molecule has 0 atom stereocenters. The summed E-state index contributed by atoms with van der Waals surface area (Å²) >= 11 is 1.51. The van der Waals surface area contributed by atoms with Crippen molar-refractivity contribution in [2.24, 2.45) is 0 Å². The molecule has 0 amide bonds. The largest absolute Gasteiger partial charge is 0.496 e. The van der Waals surface area contributed by atoms with Crippen LogP contribution < -0.4 is 4.74 Å². The second kappa shape index (κ2) is 3.32. The SMILES string of the molecule is COc1ccc2cc(C#N)sc2c1C. The molecule has 1 heterocycles. The molecule has 0 unspecified atom stereocenters. The third-order valence-corrected chi connectivity index (χ3v) is 3.39. The van der Waals surface area contributed by atoms with Gasteiger partial charge in [-0.15, -0.1) is 11.3 Å².